The fourth-order valence-electron chi connectivity index (χ4n) is 1.89. The predicted molar refractivity (Wildman–Crippen MR) is 71.0 cm³/mol. The second-order valence-corrected chi connectivity index (χ2v) is 5.17. The number of aliphatic hydroxyl groups excluding tert-OH is 1. The van der Waals surface area contributed by atoms with E-state index in [-0.39, 0.29) is 18.1 Å². The fraction of sp³-hybridized carbons (Fsp3) is 0.571. The van der Waals surface area contributed by atoms with E-state index in [9.17, 15) is 5.11 Å². The Hall–Kier alpha value is -1.26. The van der Waals surface area contributed by atoms with Crippen LogP contribution < -0.4 is 10.1 Å². The van der Waals surface area contributed by atoms with Crippen LogP contribution in [0.2, 0.25) is 0 Å². The maximum Gasteiger partial charge on any atom is 0.142 e. The summed E-state index contributed by atoms with van der Waals surface area (Å²) in [6.45, 7) is 6.08. The molecule has 1 heterocycles. The molecule has 0 spiro atoms. The van der Waals surface area contributed by atoms with Crippen LogP contribution in [0.25, 0.3) is 0 Å². The molecule has 100 valence electrons. The summed E-state index contributed by atoms with van der Waals surface area (Å²) in [5, 5.41) is 12.7. The van der Waals surface area contributed by atoms with Crippen LogP contribution in [0, 0.1) is 5.41 Å². The van der Waals surface area contributed by atoms with Crippen LogP contribution in [-0.2, 0) is 4.74 Å². The summed E-state index contributed by atoms with van der Waals surface area (Å²) in [6, 6.07) is 7.86. The van der Waals surface area contributed by atoms with Crippen LogP contribution in [0.5, 0.6) is 5.75 Å². The molecule has 4 nitrogen and oxygen atoms in total. The monoisotopic (exact) mass is 251 g/mol. The quantitative estimate of drug-likeness (QED) is 0.810. The van der Waals surface area contributed by atoms with Crippen molar-refractivity contribution in [2.45, 2.75) is 20.0 Å². The first-order valence-corrected chi connectivity index (χ1v) is 6.33. The molecule has 1 aromatic rings. The lowest BCUT2D eigenvalue weighted by atomic mass is 9.87. The maximum absolute atomic E-state index is 9.38. The van der Waals surface area contributed by atoms with Crippen molar-refractivity contribution in [3.8, 4) is 5.75 Å². The number of hydrogen-bond acceptors (Lipinski definition) is 4. The third-order valence-electron chi connectivity index (χ3n) is 3.06. The van der Waals surface area contributed by atoms with Gasteiger partial charge < -0.3 is 19.9 Å². The van der Waals surface area contributed by atoms with Crippen molar-refractivity contribution in [1.82, 2.24) is 0 Å². The van der Waals surface area contributed by atoms with Crippen molar-refractivity contribution in [3.63, 3.8) is 0 Å². The largest absolute Gasteiger partial charge is 0.489 e. The molecule has 1 fully saturated rings. The molecule has 0 bridgehead atoms. The first-order chi connectivity index (χ1) is 8.65. The van der Waals surface area contributed by atoms with E-state index in [0.717, 1.165) is 11.4 Å². The molecule has 0 atom stereocenters. The summed E-state index contributed by atoms with van der Waals surface area (Å²) in [5.41, 5.74) is 0.830. The van der Waals surface area contributed by atoms with Crippen molar-refractivity contribution >= 4 is 5.69 Å². The van der Waals surface area contributed by atoms with Gasteiger partial charge in [0.1, 0.15) is 5.75 Å². The molecule has 1 aliphatic rings. The molecule has 4 heteroatoms. The van der Waals surface area contributed by atoms with E-state index in [1.807, 2.05) is 38.1 Å². The number of ether oxygens (including phenoxy) is 2. The summed E-state index contributed by atoms with van der Waals surface area (Å²) in [6.07, 6.45) is 0.145. The fourth-order valence-corrected chi connectivity index (χ4v) is 1.89. The Morgan fingerprint density at radius 2 is 2.11 bits per heavy atom. The van der Waals surface area contributed by atoms with E-state index in [1.54, 1.807) is 0 Å². The molecular formula is C14H21NO3. The average Bonchev–Trinajstić information content (AvgIpc) is 2.29. The van der Waals surface area contributed by atoms with Gasteiger partial charge in [-0.3, -0.25) is 0 Å². The molecule has 18 heavy (non-hydrogen) atoms. The number of para-hydroxylation sites is 2. The normalized spacial score (nSPS) is 17.3. The topological polar surface area (TPSA) is 50.7 Å². The zero-order valence-corrected chi connectivity index (χ0v) is 11.0. The van der Waals surface area contributed by atoms with Crippen LogP contribution in [-0.4, -0.2) is 37.6 Å². The minimum absolute atomic E-state index is 0.134. The second kappa shape index (κ2) is 5.59. The summed E-state index contributed by atoms with van der Waals surface area (Å²) >= 11 is 0. The smallest absolute Gasteiger partial charge is 0.142 e. The van der Waals surface area contributed by atoms with Crippen LogP contribution in [0.1, 0.15) is 13.8 Å². The molecule has 0 radical (unpaired) electrons. The third-order valence-corrected chi connectivity index (χ3v) is 3.06. The van der Waals surface area contributed by atoms with E-state index < -0.39 is 0 Å². The van der Waals surface area contributed by atoms with E-state index in [2.05, 4.69) is 5.32 Å². The number of anilines is 1. The first kappa shape index (κ1) is 13.2. The Morgan fingerprint density at radius 1 is 1.39 bits per heavy atom. The highest BCUT2D eigenvalue weighted by atomic mass is 16.5. The molecule has 0 aromatic heterocycles. The van der Waals surface area contributed by atoms with Gasteiger partial charge >= 0.3 is 0 Å². The van der Waals surface area contributed by atoms with Crippen LogP contribution in [0.3, 0.4) is 0 Å². The van der Waals surface area contributed by atoms with Gasteiger partial charge in [0.2, 0.25) is 0 Å². The Bertz CT molecular complexity index is 383. The summed E-state index contributed by atoms with van der Waals surface area (Å²) in [5.74, 6) is 0.848. The first-order valence-electron chi connectivity index (χ1n) is 6.33. The van der Waals surface area contributed by atoms with Gasteiger partial charge in [0, 0.05) is 6.54 Å². The Labute approximate surface area is 108 Å². The molecular weight excluding hydrogens is 230 g/mol. The third kappa shape index (κ3) is 2.94. The van der Waals surface area contributed by atoms with Crippen LogP contribution in [0.4, 0.5) is 5.69 Å². The standard InChI is InChI=1S/C14H21NO3/c1-11(2)18-13-6-4-3-5-12(13)15-7-14(8-16)9-17-10-14/h3-6,11,15-16H,7-10H2,1-2H3. The van der Waals surface area contributed by atoms with E-state index in [0.29, 0.717) is 19.8 Å². The van der Waals surface area contributed by atoms with Gasteiger partial charge in [-0.2, -0.15) is 0 Å². The average molecular weight is 251 g/mol. The van der Waals surface area contributed by atoms with Gasteiger partial charge in [0.05, 0.1) is 37.0 Å². The minimum atomic E-state index is -0.134. The van der Waals surface area contributed by atoms with Gasteiger partial charge in [-0.05, 0) is 26.0 Å². The van der Waals surface area contributed by atoms with Crippen molar-refractivity contribution in [2.24, 2.45) is 5.41 Å². The lowest BCUT2D eigenvalue weighted by molar-refractivity contribution is -0.128. The zero-order chi connectivity index (χ0) is 13.0. The van der Waals surface area contributed by atoms with Gasteiger partial charge in [-0.25, -0.2) is 0 Å². The Morgan fingerprint density at radius 3 is 2.67 bits per heavy atom. The van der Waals surface area contributed by atoms with E-state index in [4.69, 9.17) is 9.47 Å². The van der Waals surface area contributed by atoms with Crippen molar-refractivity contribution in [2.75, 3.05) is 31.7 Å². The molecule has 0 unspecified atom stereocenters. The number of benzene rings is 1. The highest BCUT2D eigenvalue weighted by Crippen LogP contribution is 2.30. The SMILES string of the molecule is CC(C)Oc1ccccc1NCC1(CO)COC1. The van der Waals surface area contributed by atoms with Gasteiger partial charge in [0.25, 0.3) is 0 Å². The van der Waals surface area contributed by atoms with Crippen LogP contribution in [0.15, 0.2) is 24.3 Å². The van der Waals surface area contributed by atoms with Crippen molar-refractivity contribution in [3.05, 3.63) is 24.3 Å². The molecule has 2 rings (SSSR count). The highest BCUT2D eigenvalue weighted by Gasteiger charge is 2.37. The lowest BCUT2D eigenvalue weighted by Gasteiger charge is -2.40. The van der Waals surface area contributed by atoms with Gasteiger partial charge in [0.15, 0.2) is 0 Å². The second-order valence-electron chi connectivity index (χ2n) is 5.17. The van der Waals surface area contributed by atoms with Crippen molar-refractivity contribution < 1.29 is 14.6 Å². The minimum Gasteiger partial charge on any atom is -0.489 e. The highest BCUT2D eigenvalue weighted by molar-refractivity contribution is 5.56. The molecule has 0 amide bonds. The summed E-state index contributed by atoms with van der Waals surface area (Å²) < 4.78 is 10.9. The molecule has 1 aliphatic heterocycles. The lowest BCUT2D eigenvalue weighted by Crippen LogP contribution is -2.50. The van der Waals surface area contributed by atoms with E-state index in [1.165, 1.54) is 0 Å². The Balaban J connectivity index is 2.00. The molecule has 1 saturated heterocycles. The van der Waals surface area contributed by atoms with Gasteiger partial charge in [-0.1, -0.05) is 12.1 Å². The van der Waals surface area contributed by atoms with Crippen molar-refractivity contribution in [1.29, 1.82) is 0 Å². The molecule has 2 N–H and O–H groups in total. The number of aliphatic hydroxyl groups is 1. The van der Waals surface area contributed by atoms with E-state index >= 15 is 0 Å². The number of nitrogens with one attached hydrogen (secondary N) is 1. The number of rotatable bonds is 6. The Kier molecular flexibility index (Phi) is 4.09. The van der Waals surface area contributed by atoms with Gasteiger partial charge in [-0.15, -0.1) is 0 Å². The molecule has 0 aliphatic carbocycles. The predicted octanol–water partition coefficient (Wildman–Crippen LogP) is 1.89. The molecule has 0 saturated carbocycles. The zero-order valence-electron chi connectivity index (χ0n) is 11.0. The maximum atomic E-state index is 9.38. The molecule has 1 aromatic carbocycles. The number of hydrogen-bond donors (Lipinski definition) is 2. The summed E-state index contributed by atoms with van der Waals surface area (Å²) in [7, 11) is 0. The van der Waals surface area contributed by atoms with Crippen LogP contribution >= 0.6 is 0 Å². The summed E-state index contributed by atoms with van der Waals surface area (Å²) in [4.78, 5) is 0.